The van der Waals surface area contributed by atoms with Gasteiger partial charge in [0.2, 0.25) is 17.7 Å². The van der Waals surface area contributed by atoms with Crippen LogP contribution in [0.4, 0.5) is 24.1 Å². The van der Waals surface area contributed by atoms with Gasteiger partial charge in [-0.3, -0.25) is 19.3 Å². The highest BCUT2D eigenvalue weighted by atomic mass is 19.1. The number of hydrogen-bond acceptors (Lipinski definition) is 10. The van der Waals surface area contributed by atoms with Gasteiger partial charge in [-0.05, 0) is 102 Å². The Hall–Kier alpha value is -6.54. The number of nitrogens with one attached hydrogen (secondary N) is 7. The first-order chi connectivity index (χ1) is 31.5. The van der Waals surface area contributed by atoms with Crippen LogP contribution in [-0.2, 0) is 38.8 Å². The number of aliphatic imine (C=N–C) groups is 1. The van der Waals surface area contributed by atoms with Crippen molar-refractivity contribution >= 4 is 41.5 Å². The SMILES string of the molecule is CCNC(=O)/N=C(/N)NCCC[C@@H](NC(=O)[C@H](c1cccc(NCCCNC(=O)[C@@H](CCCCN)NC(=O)OC(C)(C)C)c1)N1Cc2ccccc2C1)C(=O)NCc1c(F)cc(O)cc1F. The number of carbonyl (C=O) groups excluding carboxylic acids is 5. The van der Waals surface area contributed by atoms with Crippen molar-refractivity contribution in [1.29, 1.82) is 0 Å². The van der Waals surface area contributed by atoms with E-state index < -0.39 is 77.2 Å². The lowest BCUT2D eigenvalue weighted by molar-refractivity contribution is -0.132. The number of unbranched alkanes of at least 4 members (excludes halogenated alkanes) is 1. The molecule has 0 spiro atoms. The second kappa shape index (κ2) is 25.8. The van der Waals surface area contributed by atoms with E-state index in [1.165, 1.54) is 0 Å². The van der Waals surface area contributed by atoms with Crippen molar-refractivity contribution in [3.63, 3.8) is 0 Å². The maximum absolute atomic E-state index is 14.6. The first kappa shape index (κ1) is 52.1. The molecule has 0 aromatic heterocycles. The lowest BCUT2D eigenvalue weighted by Gasteiger charge is -2.29. The van der Waals surface area contributed by atoms with Crippen LogP contribution in [0.15, 0.2) is 65.7 Å². The molecule has 0 radical (unpaired) electrons. The number of fused-ring (bicyclic) bond motifs is 1. The zero-order valence-corrected chi connectivity index (χ0v) is 38.1. The van der Waals surface area contributed by atoms with Crippen LogP contribution in [-0.4, -0.2) is 96.2 Å². The molecule has 1 aliphatic rings. The number of ether oxygens (including phenoxy) is 1. The summed E-state index contributed by atoms with van der Waals surface area (Å²) < 4.78 is 34.6. The Morgan fingerprint density at radius 2 is 1.42 bits per heavy atom. The lowest BCUT2D eigenvalue weighted by atomic mass is 10.0. The molecule has 6 amide bonds. The van der Waals surface area contributed by atoms with Gasteiger partial charge in [0.25, 0.3) is 0 Å². The number of alkyl carbamates (subject to hydrolysis) is 1. The number of nitrogens with two attached hydrogens (primary N) is 2. The smallest absolute Gasteiger partial charge is 0.408 e. The number of aromatic hydroxyl groups is 1. The number of anilines is 1. The largest absolute Gasteiger partial charge is 0.508 e. The quantitative estimate of drug-likeness (QED) is 0.0369. The molecule has 0 saturated heterocycles. The molecule has 1 aliphatic heterocycles. The third-order valence-electron chi connectivity index (χ3n) is 10.3. The Morgan fingerprint density at radius 3 is 2.08 bits per heavy atom. The Bertz CT molecular complexity index is 2110. The van der Waals surface area contributed by atoms with E-state index in [4.69, 9.17) is 16.2 Å². The number of nitrogens with zero attached hydrogens (tertiary/aromatic N) is 2. The van der Waals surface area contributed by atoms with Crippen molar-refractivity contribution in [1.82, 2.24) is 36.8 Å². The van der Waals surface area contributed by atoms with Crippen LogP contribution in [0.2, 0.25) is 0 Å². The van der Waals surface area contributed by atoms with Crippen LogP contribution < -0.4 is 48.7 Å². The van der Waals surface area contributed by atoms with Gasteiger partial charge in [0, 0.05) is 69.2 Å². The molecular weight excluding hydrogens is 857 g/mol. The number of hydrogen-bond donors (Lipinski definition) is 10. The topological polar surface area (TPSA) is 267 Å². The molecule has 0 unspecified atom stereocenters. The first-order valence-electron chi connectivity index (χ1n) is 22.2. The van der Waals surface area contributed by atoms with Crippen molar-refractivity contribution < 1.29 is 42.6 Å². The van der Waals surface area contributed by atoms with Crippen molar-refractivity contribution in [2.75, 3.05) is 38.0 Å². The summed E-state index contributed by atoms with van der Waals surface area (Å²) in [6, 6.07) is 13.1. The Morgan fingerprint density at radius 1 is 0.788 bits per heavy atom. The van der Waals surface area contributed by atoms with E-state index in [2.05, 4.69) is 42.2 Å². The zero-order chi connectivity index (χ0) is 48.2. The average molecular weight is 922 g/mol. The number of carbonyl (C=O) groups is 5. The molecule has 360 valence electrons. The summed E-state index contributed by atoms with van der Waals surface area (Å²) in [5.74, 6) is -4.42. The van der Waals surface area contributed by atoms with Crippen molar-refractivity contribution in [2.24, 2.45) is 16.5 Å². The van der Waals surface area contributed by atoms with E-state index in [9.17, 15) is 37.9 Å². The van der Waals surface area contributed by atoms with Gasteiger partial charge < -0.3 is 58.5 Å². The molecule has 66 heavy (non-hydrogen) atoms. The molecular formula is C46H65F2N11O7. The minimum Gasteiger partial charge on any atom is -0.508 e. The Balaban J connectivity index is 1.48. The highest BCUT2D eigenvalue weighted by molar-refractivity contribution is 5.92. The van der Waals surface area contributed by atoms with Gasteiger partial charge in [0.1, 0.15) is 41.1 Å². The molecule has 12 N–H and O–H groups in total. The summed E-state index contributed by atoms with van der Waals surface area (Å²) in [5, 5.41) is 29.2. The van der Waals surface area contributed by atoms with Crippen molar-refractivity contribution in [3.8, 4) is 5.75 Å². The van der Waals surface area contributed by atoms with Crippen LogP contribution in [0.25, 0.3) is 0 Å². The predicted octanol–water partition coefficient (Wildman–Crippen LogP) is 3.88. The van der Waals surface area contributed by atoms with Gasteiger partial charge in [-0.2, -0.15) is 4.99 Å². The molecule has 0 saturated carbocycles. The third-order valence-corrected chi connectivity index (χ3v) is 10.3. The van der Waals surface area contributed by atoms with E-state index in [1.54, 1.807) is 33.8 Å². The van der Waals surface area contributed by atoms with Crippen LogP contribution in [0.3, 0.4) is 0 Å². The van der Waals surface area contributed by atoms with Gasteiger partial charge in [0.15, 0.2) is 5.96 Å². The molecule has 0 aliphatic carbocycles. The standard InChI is InChI=1S/C46H65F2N11O7/c1-5-51-44(64)58-43(50)54-20-11-18-37(41(62)55-26-34-35(47)24-33(60)25-36(34)48)56-42(63)39(59-27-30-13-6-7-14-31(30)28-59)29-15-10-16-32(23-29)52-21-12-22-53-40(61)38(17-8-9-19-49)57-45(65)66-46(2,3)4/h6-7,10,13-16,23-25,37-39,52,60H,5,8-9,11-12,17-22,26-28,49H2,1-4H3,(H,53,61)(H,55,62)(H,56,63)(H,57,65)(H4,50,51,54,58,64)/t37-,38-,39+/m1/s1. The summed E-state index contributed by atoms with van der Waals surface area (Å²) in [6.07, 6.45) is 1.89. The van der Waals surface area contributed by atoms with Crippen LogP contribution in [0.1, 0.15) is 94.5 Å². The second-order valence-electron chi connectivity index (χ2n) is 16.8. The summed E-state index contributed by atoms with van der Waals surface area (Å²) in [7, 11) is 0. The third kappa shape index (κ3) is 17.1. The fourth-order valence-electron chi connectivity index (χ4n) is 7.20. The fraction of sp³-hybridized carbons (Fsp3) is 0.478. The minimum absolute atomic E-state index is 0.0517. The van der Waals surface area contributed by atoms with Crippen LogP contribution >= 0.6 is 0 Å². The van der Waals surface area contributed by atoms with Gasteiger partial charge in [0.05, 0.1) is 0 Å². The molecule has 0 bridgehead atoms. The number of urea groups is 1. The van der Waals surface area contributed by atoms with Gasteiger partial charge >= 0.3 is 12.1 Å². The summed E-state index contributed by atoms with van der Waals surface area (Å²) >= 11 is 0. The van der Waals surface area contributed by atoms with Crippen LogP contribution in [0, 0.1) is 11.6 Å². The Labute approximate surface area is 384 Å². The number of rotatable bonds is 23. The summed E-state index contributed by atoms with van der Waals surface area (Å²) in [5.41, 5.74) is 13.7. The predicted molar refractivity (Wildman–Crippen MR) is 247 cm³/mol. The number of phenols is 1. The molecule has 4 rings (SSSR count). The highest BCUT2D eigenvalue weighted by Crippen LogP contribution is 2.33. The summed E-state index contributed by atoms with van der Waals surface area (Å²) in [6.45, 7) is 9.00. The number of phenolic OH excluding ortho intramolecular Hbond substituents is 1. The molecule has 0 fully saturated rings. The van der Waals surface area contributed by atoms with E-state index in [1.807, 2.05) is 47.4 Å². The highest BCUT2D eigenvalue weighted by Gasteiger charge is 2.34. The van der Waals surface area contributed by atoms with E-state index >= 15 is 0 Å². The number of halogens is 2. The monoisotopic (exact) mass is 922 g/mol. The number of guanidine groups is 1. The Kier molecular flexibility index (Phi) is 20.4. The lowest BCUT2D eigenvalue weighted by Crippen LogP contribution is -2.50. The van der Waals surface area contributed by atoms with Crippen molar-refractivity contribution in [3.05, 3.63) is 94.6 Å². The zero-order valence-electron chi connectivity index (χ0n) is 38.1. The second-order valence-corrected chi connectivity index (χ2v) is 16.8. The van der Waals surface area contributed by atoms with Crippen molar-refractivity contribution in [2.45, 2.75) is 110 Å². The van der Waals surface area contributed by atoms with Crippen LogP contribution in [0.5, 0.6) is 5.75 Å². The minimum atomic E-state index is -1.19. The summed E-state index contributed by atoms with van der Waals surface area (Å²) in [4.78, 5) is 71.5. The molecule has 3 atom stereocenters. The molecule has 3 aromatic rings. The van der Waals surface area contributed by atoms with Gasteiger partial charge in [-0.25, -0.2) is 18.4 Å². The van der Waals surface area contributed by atoms with Gasteiger partial charge in [-0.15, -0.1) is 0 Å². The number of benzene rings is 3. The molecule has 3 aromatic carbocycles. The van der Waals surface area contributed by atoms with E-state index in [0.29, 0.717) is 76.2 Å². The first-order valence-corrected chi connectivity index (χ1v) is 22.2. The maximum atomic E-state index is 14.6. The molecule has 18 nitrogen and oxygen atoms in total. The number of amides is 6. The van der Waals surface area contributed by atoms with E-state index in [0.717, 1.165) is 23.3 Å². The average Bonchev–Trinajstić information content (AvgIpc) is 3.67. The normalized spacial score (nSPS) is 14.0. The van der Waals surface area contributed by atoms with E-state index in [-0.39, 0.29) is 31.3 Å². The maximum Gasteiger partial charge on any atom is 0.408 e. The molecule has 1 heterocycles. The molecule has 20 heteroatoms. The fourth-order valence-corrected chi connectivity index (χ4v) is 7.20. The van der Waals surface area contributed by atoms with Gasteiger partial charge in [-0.1, -0.05) is 36.4 Å².